The highest BCUT2D eigenvalue weighted by Crippen LogP contribution is 2.39. The van der Waals surface area contributed by atoms with Gasteiger partial charge in [0.15, 0.2) is 12.6 Å². The van der Waals surface area contributed by atoms with Gasteiger partial charge in [-0.2, -0.15) is 0 Å². The minimum Gasteiger partial charge on any atom is -0.477 e. The molecule has 0 aromatic carbocycles. The van der Waals surface area contributed by atoms with Crippen LogP contribution in [0.4, 0.5) is 0 Å². The molecule has 3 saturated heterocycles. The molecule has 0 bridgehead atoms. The molecule has 23 heteroatoms. The second kappa shape index (κ2) is 55.0. The maximum absolute atomic E-state index is 13.5. The Bertz CT molecular complexity index is 2010. The van der Waals surface area contributed by atoms with Gasteiger partial charge in [0, 0.05) is 19.8 Å². The molecule has 0 radical (unpaired) electrons. The number of aliphatic hydroxyl groups is 11. The number of aliphatic hydroxyl groups excluding tert-OH is 11. The number of nitrogens with one attached hydrogen (secondary N) is 2. The minimum atomic E-state index is -3.08. The molecule has 3 rings (SSSR count). The standard InChI is InChI=1S/C75H140N2O21/c1-4-6-8-10-12-14-16-18-20-22-23-24-25-26-27-28-29-30-31-32-33-35-37-39-41-43-45-47-49-62(85)77-56(57(82)48-46-44-42-40-38-36-34-21-19-17-15-13-11-9-7-5-2)54-93-72-67(89)66(88)69(61(53-80)95-72)96-73-68(90)71(65(87)60(52-79)94-73)98-75(74(91)92)50-58(83)63(76-55(3)81)70(97-75)64(86)59(84)51-78/h46,48,56-61,63-73,78-80,82-84,86-90H,4-45,47,49-54H2,1-3H3,(H,76,81)(H,77,85)(H,91,92)/b48-46+. The average molecular weight is 1410 g/mol. The SMILES string of the molecule is CCCCCCCCCCCCCCCC/C=C/C(O)C(COC1OC(CO)C(OC2OC(CO)C(O)C(OC3(C(=O)O)CC(O)C(NC(C)=O)C(C(O)C(O)CO)O3)C2O)C(O)C1O)NC(=O)CCCCCCCCCCCCCCCCCCCCCCCCCCCCCC. The number of aliphatic carboxylic acids is 1. The van der Waals surface area contributed by atoms with Crippen molar-refractivity contribution in [2.24, 2.45) is 0 Å². The molecule has 3 fully saturated rings. The highest BCUT2D eigenvalue weighted by atomic mass is 16.8. The van der Waals surface area contributed by atoms with E-state index in [2.05, 4.69) is 24.5 Å². The highest BCUT2D eigenvalue weighted by Gasteiger charge is 2.60. The van der Waals surface area contributed by atoms with Crippen LogP contribution in [0.1, 0.15) is 310 Å². The molecule has 0 saturated carbocycles. The van der Waals surface area contributed by atoms with E-state index in [9.17, 15) is 75.7 Å². The van der Waals surface area contributed by atoms with E-state index in [-0.39, 0.29) is 12.3 Å². The summed E-state index contributed by atoms with van der Waals surface area (Å²) in [4.78, 5) is 38.6. The number of carboxylic acid groups (broad SMARTS) is 1. The lowest BCUT2D eigenvalue weighted by atomic mass is 9.88. The van der Waals surface area contributed by atoms with Crippen molar-refractivity contribution in [2.75, 3.05) is 26.4 Å². The summed E-state index contributed by atoms with van der Waals surface area (Å²) in [6.07, 6.45) is 28.3. The van der Waals surface area contributed by atoms with Crippen LogP contribution >= 0.6 is 0 Å². The van der Waals surface area contributed by atoms with Crippen molar-refractivity contribution in [2.45, 2.75) is 420 Å². The maximum atomic E-state index is 13.5. The van der Waals surface area contributed by atoms with Gasteiger partial charge >= 0.3 is 5.97 Å². The van der Waals surface area contributed by atoms with Gasteiger partial charge in [0.1, 0.15) is 67.1 Å². The Kier molecular flexibility index (Phi) is 50.4. The Balaban J connectivity index is 1.51. The minimum absolute atomic E-state index is 0.206. The van der Waals surface area contributed by atoms with E-state index in [1.807, 2.05) is 6.08 Å². The van der Waals surface area contributed by atoms with Gasteiger partial charge in [-0.25, -0.2) is 4.79 Å². The molecule has 576 valence electrons. The Morgan fingerprint density at radius 3 is 1.36 bits per heavy atom. The predicted molar refractivity (Wildman–Crippen MR) is 375 cm³/mol. The van der Waals surface area contributed by atoms with Crippen LogP contribution < -0.4 is 10.6 Å². The predicted octanol–water partition coefficient (Wildman–Crippen LogP) is 9.41. The van der Waals surface area contributed by atoms with E-state index in [4.69, 9.17) is 28.4 Å². The average Bonchev–Trinajstić information content (AvgIpc) is 0.755. The van der Waals surface area contributed by atoms with E-state index >= 15 is 0 Å². The lowest BCUT2D eigenvalue weighted by molar-refractivity contribution is -0.386. The molecule has 0 spiro atoms. The number of hydrogen-bond donors (Lipinski definition) is 14. The van der Waals surface area contributed by atoms with Gasteiger partial charge in [-0.3, -0.25) is 9.59 Å². The molecule has 18 unspecified atom stereocenters. The third kappa shape index (κ3) is 35.8. The fraction of sp³-hybridized carbons (Fsp3) is 0.933. The van der Waals surface area contributed by atoms with E-state index in [1.165, 1.54) is 218 Å². The zero-order valence-corrected chi connectivity index (χ0v) is 60.7. The first-order valence-electron chi connectivity index (χ1n) is 39.1. The van der Waals surface area contributed by atoms with Crippen LogP contribution in [0, 0.1) is 0 Å². The number of carboxylic acids is 1. The summed E-state index contributed by atoms with van der Waals surface area (Å²) in [6.45, 7) is 2.18. The molecule has 3 aliphatic rings. The molecule has 0 aromatic heterocycles. The Hall–Kier alpha value is -2.53. The molecular formula is C75H140N2O21. The lowest BCUT2D eigenvalue weighted by Gasteiger charge is -2.50. The van der Waals surface area contributed by atoms with Crippen molar-refractivity contribution < 1.29 is 104 Å². The fourth-order valence-corrected chi connectivity index (χ4v) is 13.8. The maximum Gasteiger partial charge on any atom is 0.364 e. The summed E-state index contributed by atoms with van der Waals surface area (Å²) in [6, 6.07) is -2.61. The van der Waals surface area contributed by atoms with Crippen LogP contribution in [-0.2, 0) is 42.8 Å². The van der Waals surface area contributed by atoms with Gasteiger partial charge in [0.25, 0.3) is 5.79 Å². The first-order chi connectivity index (χ1) is 47.4. The number of carbonyl (C=O) groups excluding carboxylic acids is 2. The van der Waals surface area contributed by atoms with Crippen molar-refractivity contribution in [3.63, 3.8) is 0 Å². The topological polar surface area (TPSA) is 373 Å². The van der Waals surface area contributed by atoms with Crippen molar-refractivity contribution in [3.05, 3.63) is 12.2 Å². The number of rotatable bonds is 61. The quantitative estimate of drug-likeness (QED) is 0.0199. The summed E-state index contributed by atoms with van der Waals surface area (Å²) < 4.78 is 34.9. The summed E-state index contributed by atoms with van der Waals surface area (Å²) in [7, 11) is 0. The molecule has 0 aliphatic carbocycles. The number of ether oxygens (including phenoxy) is 6. The normalized spacial score (nSPS) is 27.3. The van der Waals surface area contributed by atoms with Crippen molar-refractivity contribution >= 4 is 17.8 Å². The molecule has 0 aromatic rings. The van der Waals surface area contributed by atoms with E-state index in [0.29, 0.717) is 12.8 Å². The summed E-state index contributed by atoms with van der Waals surface area (Å²) in [5, 5.41) is 136. The Morgan fingerprint density at radius 1 is 0.531 bits per heavy atom. The van der Waals surface area contributed by atoms with Crippen molar-refractivity contribution in [1.82, 2.24) is 10.6 Å². The van der Waals surface area contributed by atoms with Gasteiger partial charge < -0.3 is 100 Å². The van der Waals surface area contributed by atoms with Gasteiger partial charge in [-0.1, -0.05) is 283 Å². The van der Waals surface area contributed by atoms with Gasteiger partial charge in [0.2, 0.25) is 11.8 Å². The largest absolute Gasteiger partial charge is 0.477 e. The van der Waals surface area contributed by atoms with Gasteiger partial charge in [-0.15, -0.1) is 0 Å². The molecule has 3 aliphatic heterocycles. The number of hydrogen-bond acceptors (Lipinski definition) is 20. The summed E-state index contributed by atoms with van der Waals surface area (Å²) in [5.41, 5.74) is 0. The molecule has 98 heavy (non-hydrogen) atoms. The molecule has 3 heterocycles. The van der Waals surface area contributed by atoms with Crippen LogP contribution in [-0.4, -0.2) is 215 Å². The van der Waals surface area contributed by atoms with Crippen molar-refractivity contribution in [3.8, 4) is 0 Å². The van der Waals surface area contributed by atoms with Gasteiger partial charge in [0.05, 0.1) is 50.7 Å². The first kappa shape index (κ1) is 89.7. The number of unbranched alkanes of at least 4 members (excludes halogenated alkanes) is 41. The molecule has 18 atom stereocenters. The van der Waals surface area contributed by atoms with E-state index in [0.717, 1.165) is 51.9 Å². The Morgan fingerprint density at radius 2 is 0.949 bits per heavy atom. The zero-order chi connectivity index (χ0) is 71.8. The first-order valence-corrected chi connectivity index (χ1v) is 39.1. The number of amides is 2. The van der Waals surface area contributed by atoms with Crippen LogP contribution in [0.3, 0.4) is 0 Å². The molecule has 14 N–H and O–H groups in total. The number of allylic oxidation sites excluding steroid dienone is 1. The summed E-state index contributed by atoms with van der Waals surface area (Å²) >= 11 is 0. The van der Waals surface area contributed by atoms with E-state index in [1.54, 1.807) is 6.08 Å². The Labute approximate surface area is 588 Å². The highest BCUT2D eigenvalue weighted by molar-refractivity contribution is 5.77. The third-order valence-electron chi connectivity index (χ3n) is 20.0. The second-order valence-electron chi connectivity index (χ2n) is 28.6. The van der Waals surface area contributed by atoms with Crippen LogP contribution in [0.2, 0.25) is 0 Å². The van der Waals surface area contributed by atoms with Crippen LogP contribution in [0.15, 0.2) is 12.2 Å². The fourth-order valence-electron chi connectivity index (χ4n) is 13.8. The molecular weight excluding hydrogens is 1260 g/mol. The number of carbonyl (C=O) groups is 3. The van der Waals surface area contributed by atoms with Crippen LogP contribution in [0.5, 0.6) is 0 Å². The lowest BCUT2D eigenvalue weighted by Crippen LogP contribution is -2.70. The summed E-state index contributed by atoms with van der Waals surface area (Å²) in [5.74, 6) is -6.13. The third-order valence-corrected chi connectivity index (χ3v) is 20.0. The van der Waals surface area contributed by atoms with Crippen LogP contribution in [0.25, 0.3) is 0 Å². The molecule has 23 nitrogen and oxygen atoms in total. The smallest absolute Gasteiger partial charge is 0.364 e. The molecule has 2 amide bonds. The second-order valence-corrected chi connectivity index (χ2v) is 28.6. The van der Waals surface area contributed by atoms with Crippen molar-refractivity contribution in [1.29, 1.82) is 0 Å². The monoisotopic (exact) mass is 1400 g/mol. The van der Waals surface area contributed by atoms with E-state index < -0.39 is 155 Å². The van der Waals surface area contributed by atoms with Gasteiger partial charge in [-0.05, 0) is 19.3 Å². The zero-order valence-electron chi connectivity index (χ0n) is 60.7.